The van der Waals surface area contributed by atoms with Crippen LogP contribution in [-0.4, -0.2) is 36.6 Å². The van der Waals surface area contributed by atoms with Gasteiger partial charge in [0, 0.05) is 24.3 Å². The first-order valence-electron chi connectivity index (χ1n) is 6.17. The molecule has 0 N–H and O–H groups in total. The number of rotatable bonds is 2. The Morgan fingerprint density at radius 1 is 1.41 bits per heavy atom. The molecule has 1 aliphatic heterocycles. The van der Waals surface area contributed by atoms with Crippen LogP contribution in [0.1, 0.15) is 18.4 Å². The lowest BCUT2D eigenvalue weighted by Gasteiger charge is -2.24. The highest BCUT2D eigenvalue weighted by Gasteiger charge is 2.35. The van der Waals surface area contributed by atoms with Crippen LogP contribution in [0.5, 0.6) is 5.75 Å². The minimum Gasteiger partial charge on any atom is -0.495 e. The number of likely N-dealkylation sites (tertiary alicyclic amines) is 1. The SMILES string of the molecule is COc1cncc(C2=CCC3CC2N(C)C3)c1. The normalized spacial score (nSPS) is 28.0. The van der Waals surface area contributed by atoms with Crippen LogP contribution in [0.25, 0.3) is 5.57 Å². The van der Waals surface area contributed by atoms with Crippen LogP contribution in [-0.2, 0) is 0 Å². The zero-order chi connectivity index (χ0) is 11.8. The molecule has 0 amide bonds. The van der Waals surface area contributed by atoms with E-state index in [0.29, 0.717) is 6.04 Å². The molecule has 1 aliphatic carbocycles. The van der Waals surface area contributed by atoms with Crippen LogP contribution >= 0.6 is 0 Å². The molecule has 0 saturated carbocycles. The first kappa shape index (κ1) is 10.8. The molecular weight excluding hydrogens is 212 g/mol. The lowest BCUT2D eigenvalue weighted by Crippen LogP contribution is -2.25. The number of hydrogen-bond acceptors (Lipinski definition) is 3. The summed E-state index contributed by atoms with van der Waals surface area (Å²) in [4.78, 5) is 6.71. The van der Waals surface area contributed by atoms with E-state index in [2.05, 4.69) is 29.1 Å². The lowest BCUT2D eigenvalue weighted by atomic mass is 9.87. The van der Waals surface area contributed by atoms with Crippen molar-refractivity contribution in [2.45, 2.75) is 18.9 Å². The van der Waals surface area contributed by atoms with Crippen LogP contribution in [0.3, 0.4) is 0 Å². The standard InChI is InChI=1S/C14H18N2O/c1-16-9-10-3-4-13(14(16)5-10)11-6-12(17-2)8-15-7-11/h4,6-8,10,14H,3,5,9H2,1-2H3. The van der Waals surface area contributed by atoms with Gasteiger partial charge in [0.2, 0.25) is 0 Å². The summed E-state index contributed by atoms with van der Waals surface area (Å²) in [6, 6.07) is 2.66. The fourth-order valence-electron chi connectivity index (χ4n) is 3.07. The van der Waals surface area contributed by atoms with Crippen molar-refractivity contribution in [2.75, 3.05) is 20.7 Å². The van der Waals surface area contributed by atoms with Gasteiger partial charge in [-0.3, -0.25) is 9.88 Å². The molecule has 0 aromatic carbocycles. The van der Waals surface area contributed by atoms with Crippen molar-refractivity contribution in [1.29, 1.82) is 0 Å². The van der Waals surface area contributed by atoms with Crippen molar-refractivity contribution in [3.8, 4) is 5.75 Å². The summed E-state index contributed by atoms with van der Waals surface area (Å²) in [5.74, 6) is 1.69. The molecule has 1 fully saturated rings. The second kappa shape index (κ2) is 4.15. The largest absolute Gasteiger partial charge is 0.495 e. The van der Waals surface area contributed by atoms with Crippen molar-refractivity contribution in [3.05, 3.63) is 30.1 Å². The van der Waals surface area contributed by atoms with E-state index < -0.39 is 0 Å². The topological polar surface area (TPSA) is 25.4 Å². The maximum absolute atomic E-state index is 5.25. The van der Waals surface area contributed by atoms with E-state index in [1.165, 1.54) is 30.5 Å². The van der Waals surface area contributed by atoms with Crippen LogP contribution in [0.15, 0.2) is 24.5 Å². The van der Waals surface area contributed by atoms with Gasteiger partial charge in [0.25, 0.3) is 0 Å². The Bertz CT molecular complexity index is 455. The van der Waals surface area contributed by atoms with Gasteiger partial charge in [-0.1, -0.05) is 6.08 Å². The Morgan fingerprint density at radius 3 is 3.12 bits per heavy atom. The Balaban J connectivity index is 1.95. The molecule has 1 aromatic heterocycles. The number of hydrogen-bond donors (Lipinski definition) is 0. The number of pyridine rings is 1. The van der Waals surface area contributed by atoms with Crippen LogP contribution in [0, 0.1) is 5.92 Å². The van der Waals surface area contributed by atoms with Gasteiger partial charge in [-0.15, -0.1) is 0 Å². The highest BCUT2D eigenvalue weighted by Crippen LogP contribution is 2.39. The van der Waals surface area contributed by atoms with E-state index in [1.54, 1.807) is 13.3 Å². The van der Waals surface area contributed by atoms with Gasteiger partial charge < -0.3 is 4.74 Å². The summed E-state index contributed by atoms with van der Waals surface area (Å²) in [5.41, 5.74) is 2.63. The number of fused-ring (bicyclic) bond motifs is 2. The molecule has 2 bridgehead atoms. The number of allylic oxidation sites excluding steroid dienone is 1. The van der Waals surface area contributed by atoms with Crippen molar-refractivity contribution < 1.29 is 4.74 Å². The van der Waals surface area contributed by atoms with Crippen LogP contribution in [0.4, 0.5) is 0 Å². The second-order valence-electron chi connectivity index (χ2n) is 5.07. The minimum absolute atomic E-state index is 0.572. The van der Waals surface area contributed by atoms with E-state index in [0.717, 1.165) is 11.7 Å². The summed E-state index contributed by atoms with van der Waals surface area (Å²) < 4.78 is 5.25. The fourth-order valence-corrected chi connectivity index (χ4v) is 3.07. The molecule has 3 nitrogen and oxygen atoms in total. The van der Waals surface area contributed by atoms with Gasteiger partial charge in [0.05, 0.1) is 13.3 Å². The molecule has 2 atom stereocenters. The molecule has 1 aromatic rings. The summed E-state index contributed by atoms with van der Waals surface area (Å²) in [6.07, 6.45) is 8.58. The average Bonchev–Trinajstić information content (AvgIpc) is 2.65. The lowest BCUT2D eigenvalue weighted by molar-refractivity contribution is 0.360. The first-order chi connectivity index (χ1) is 8.28. The smallest absolute Gasteiger partial charge is 0.137 e. The molecule has 3 rings (SSSR count). The molecule has 0 spiro atoms. The second-order valence-corrected chi connectivity index (χ2v) is 5.07. The zero-order valence-electron chi connectivity index (χ0n) is 10.4. The number of nitrogens with zero attached hydrogens (tertiary/aromatic N) is 2. The van der Waals surface area contributed by atoms with Gasteiger partial charge in [0.1, 0.15) is 5.75 Å². The third kappa shape index (κ3) is 1.84. The van der Waals surface area contributed by atoms with E-state index in [4.69, 9.17) is 4.74 Å². The van der Waals surface area contributed by atoms with E-state index in [1.807, 2.05) is 6.20 Å². The summed E-state index contributed by atoms with van der Waals surface area (Å²) in [5, 5.41) is 0. The number of likely N-dealkylation sites (N-methyl/N-ethyl adjacent to an activating group) is 1. The maximum Gasteiger partial charge on any atom is 0.137 e. The van der Waals surface area contributed by atoms with E-state index in [-0.39, 0.29) is 0 Å². The van der Waals surface area contributed by atoms with Crippen molar-refractivity contribution in [3.63, 3.8) is 0 Å². The summed E-state index contributed by atoms with van der Waals surface area (Å²) in [6.45, 7) is 1.22. The van der Waals surface area contributed by atoms with Crippen LogP contribution in [0.2, 0.25) is 0 Å². The Labute approximate surface area is 102 Å². The molecule has 2 heterocycles. The van der Waals surface area contributed by atoms with Gasteiger partial charge in [0.15, 0.2) is 0 Å². The molecule has 2 unspecified atom stereocenters. The maximum atomic E-state index is 5.25. The molecule has 3 heteroatoms. The Kier molecular flexibility index (Phi) is 2.63. The predicted molar refractivity (Wildman–Crippen MR) is 67.9 cm³/mol. The molecular formula is C14H18N2O. The van der Waals surface area contributed by atoms with Gasteiger partial charge in [-0.2, -0.15) is 0 Å². The summed E-state index contributed by atoms with van der Waals surface area (Å²) in [7, 11) is 3.91. The average molecular weight is 230 g/mol. The summed E-state index contributed by atoms with van der Waals surface area (Å²) >= 11 is 0. The van der Waals surface area contributed by atoms with Gasteiger partial charge in [-0.05, 0) is 37.4 Å². The Hall–Kier alpha value is -1.35. The Morgan fingerprint density at radius 2 is 2.29 bits per heavy atom. The quantitative estimate of drug-likeness (QED) is 0.778. The van der Waals surface area contributed by atoms with E-state index in [9.17, 15) is 0 Å². The van der Waals surface area contributed by atoms with Crippen LogP contribution < -0.4 is 4.74 Å². The van der Waals surface area contributed by atoms with Crippen molar-refractivity contribution in [1.82, 2.24) is 9.88 Å². The number of ether oxygens (including phenoxy) is 1. The van der Waals surface area contributed by atoms with E-state index >= 15 is 0 Å². The zero-order valence-corrected chi connectivity index (χ0v) is 10.4. The molecule has 2 aliphatic rings. The minimum atomic E-state index is 0.572. The van der Waals surface area contributed by atoms with Crippen molar-refractivity contribution in [2.24, 2.45) is 5.92 Å². The third-order valence-electron chi connectivity index (χ3n) is 3.95. The monoisotopic (exact) mass is 230 g/mol. The molecule has 17 heavy (non-hydrogen) atoms. The fraction of sp³-hybridized carbons (Fsp3) is 0.500. The third-order valence-corrected chi connectivity index (χ3v) is 3.95. The van der Waals surface area contributed by atoms with Gasteiger partial charge in [-0.25, -0.2) is 0 Å². The number of aromatic nitrogens is 1. The molecule has 0 radical (unpaired) electrons. The predicted octanol–water partition coefficient (Wildman–Crippen LogP) is 2.20. The molecule has 90 valence electrons. The van der Waals surface area contributed by atoms with Crippen molar-refractivity contribution >= 4 is 5.57 Å². The van der Waals surface area contributed by atoms with Gasteiger partial charge >= 0.3 is 0 Å². The highest BCUT2D eigenvalue weighted by atomic mass is 16.5. The number of methoxy groups -OCH3 is 1. The highest BCUT2D eigenvalue weighted by molar-refractivity contribution is 5.71. The molecule has 1 saturated heterocycles. The first-order valence-corrected chi connectivity index (χ1v) is 6.17.